The van der Waals surface area contributed by atoms with Gasteiger partial charge in [0.1, 0.15) is 4.88 Å². The lowest BCUT2D eigenvalue weighted by Crippen LogP contribution is -2.33. The van der Waals surface area contributed by atoms with Crippen LogP contribution < -0.4 is 10.2 Å². The zero-order valence-electron chi connectivity index (χ0n) is 18.5. The van der Waals surface area contributed by atoms with Gasteiger partial charge in [-0.05, 0) is 54.4 Å². The molecule has 1 aliphatic heterocycles. The highest BCUT2D eigenvalue weighted by atomic mass is 35.5. The number of anilines is 1. The lowest BCUT2D eigenvalue weighted by Gasteiger charge is -2.22. The molecule has 0 saturated carbocycles. The summed E-state index contributed by atoms with van der Waals surface area (Å²) in [4.78, 5) is 6.72. The van der Waals surface area contributed by atoms with Crippen molar-refractivity contribution in [3.8, 4) is 5.88 Å². The van der Waals surface area contributed by atoms with Crippen LogP contribution in [0.15, 0.2) is 42.6 Å². The van der Waals surface area contributed by atoms with E-state index in [1.165, 1.54) is 29.5 Å². The van der Waals surface area contributed by atoms with Gasteiger partial charge in [0.25, 0.3) is 0 Å². The van der Waals surface area contributed by atoms with Crippen molar-refractivity contribution in [2.75, 3.05) is 25.0 Å². The zero-order chi connectivity index (χ0) is 24.7. The van der Waals surface area contributed by atoms with Gasteiger partial charge in [0.2, 0.25) is 5.88 Å². The number of fused-ring (bicyclic) bond motifs is 1. The number of halogens is 4. The smallest absolute Gasteiger partial charge is 0.417 e. The fourth-order valence-corrected chi connectivity index (χ4v) is 5.40. The summed E-state index contributed by atoms with van der Waals surface area (Å²) in [6.45, 7) is 1.69. The van der Waals surface area contributed by atoms with Crippen molar-refractivity contribution in [2.24, 2.45) is 0 Å². The number of aromatic hydroxyl groups is 1. The number of aromatic amines is 1. The highest BCUT2D eigenvalue weighted by molar-refractivity contribution is 7.17. The van der Waals surface area contributed by atoms with Gasteiger partial charge in [-0.2, -0.15) is 23.3 Å². The van der Waals surface area contributed by atoms with E-state index in [0.717, 1.165) is 36.5 Å². The van der Waals surface area contributed by atoms with Crippen molar-refractivity contribution in [1.82, 2.24) is 20.5 Å². The van der Waals surface area contributed by atoms with E-state index in [1.54, 1.807) is 18.3 Å². The molecule has 0 bridgehead atoms. The molecule has 5 rings (SSSR count). The fourth-order valence-electron chi connectivity index (χ4n) is 4.20. The van der Waals surface area contributed by atoms with Crippen molar-refractivity contribution in [3.05, 3.63) is 69.2 Å². The minimum atomic E-state index is -4.60. The van der Waals surface area contributed by atoms with Gasteiger partial charge in [-0.1, -0.05) is 35.1 Å². The minimum absolute atomic E-state index is 0.00874. The molecule has 0 spiro atoms. The molecule has 6 nitrogen and oxygen atoms in total. The largest absolute Gasteiger partial charge is 0.492 e. The number of thiazole rings is 1. The zero-order valence-corrected chi connectivity index (χ0v) is 20.1. The number of aromatic nitrogens is 3. The van der Waals surface area contributed by atoms with Crippen LogP contribution in [0.25, 0.3) is 22.6 Å². The number of benzene rings is 2. The second-order valence-electron chi connectivity index (χ2n) is 8.37. The molecule has 0 aliphatic carbocycles. The summed E-state index contributed by atoms with van der Waals surface area (Å²) in [5.41, 5.74) is 0.910. The van der Waals surface area contributed by atoms with Crippen molar-refractivity contribution in [3.63, 3.8) is 0 Å². The summed E-state index contributed by atoms with van der Waals surface area (Å²) >= 11 is 7.12. The summed E-state index contributed by atoms with van der Waals surface area (Å²) in [7, 11) is 1.90. The van der Waals surface area contributed by atoms with Gasteiger partial charge in [0, 0.05) is 35.6 Å². The average Bonchev–Trinajstić information content (AvgIpc) is 3.58. The molecule has 2 aromatic carbocycles. The van der Waals surface area contributed by atoms with Gasteiger partial charge < -0.3 is 15.3 Å². The third kappa shape index (κ3) is 4.73. The van der Waals surface area contributed by atoms with Crippen molar-refractivity contribution in [2.45, 2.75) is 18.6 Å². The molecule has 3 N–H and O–H groups in total. The van der Waals surface area contributed by atoms with E-state index in [1.807, 2.05) is 18.0 Å². The number of alkyl halides is 3. The van der Waals surface area contributed by atoms with Gasteiger partial charge >= 0.3 is 6.18 Å². The lowest BCUT2D eigenvalue weighted by molar-refractivity contribution is -0.137. The van der Waals surface area contributed by atoms with E-state index in [4.69, 9.17) is 11.6 Å². The predicted molar refractivity (Wildman–Crippen MR) is 133 cm³/mol. The van der Waals surface area contributed by atoms with E-state index in [0.29, 0.717) is 21.1 Å². The van der Waals surface area contributed by atoms with Crippen LogP contribution in [-0.4, -0.2) is 46.5 Å². The SMILES string of the molecule is CN(c1nc(O)c(C(=Cc2ccc(Cl)cc2C(F)(F)F)c2ccc3[nH]ncc3c2)s1)C1CCNC1. The maximum atomic E-state index is 13.8. The Balaban J connectivity index is 1.68. The van der Waals surface area contributed by atoms with E-state index in [-0.39, 0.29) is 22.5 Å². The molecule has 2 aromatic heterocycles. The minimum Gasteiger partial charge on any atom is -0.492 e. The topological polar surface area (TPSA) is 77.1 Å². The van der Waals surface area contributed by atoms with E-state index in [9.17, 15) is 18.3 Å². The Morgan fingerprint density at radius 1 is 1.26 bits per heavy atom. The Hall–Kier alpha value is -3.08. The standard InChI is InChI=1S/C24H21ClF3N5OS/c1-33(17-6-7-29-12-17)23-31-22(34)21(35-23)18(13-3-5-20-15(8-13)11-30-32-20)9-14-2-4-16(25)10-19(14)24(26,27)28/h2-5,8-11,17,29,34H,6-7,12H2,1H3,(H,30,32). The van der Waals surface area contributed by atoms with Crippen LogP contribution in [-0.2, 0) is 6.18 Å². The van der Waals surface area contributed by atoms with E-state index in [2.05, 4.69) is 20.5 Å². The van der Waals surface area contributed by atoms with Crippen LogP contribution in [0, 0.1) is 0 Å². The van der Waals surface area contributed by atoms with Crippen LogP contribution in [0.1, 0.15) is 28.0 Å². The van der Waals surface area contributed by atoms with Gasteiger partial charge in [-0.25, -0.2) is 0 Å². The van der Waals surface area contributed by atoms with Gasteiger partial charge in [0.05, 0.1) is 17.3 Å². The first-order valence-corrected chi connectivity index (χ1v) is 12.1. The van der Waals surface area contributed by atoms with Crippen molar-refractivity contribution >= 4 is 50.6 Å². The third-order valence-corrected chi connectivity index (χ3v) is 7.50. The molecule has 1 atom stereocenters. The van der Waals surface area contributed by atoms with Gasteiger partial charge in [-0.15, -0.1) is 0 Å². The monoisotopic (exact) mass is 519 g/mol. The maximum Gasteiger partial charge on any atom is 0.417 e. The van der Waals surface area contributed by atoms with Crippen molar-refractivity contribution in [1.29, 1.82) is 0 Å². The first kappa shape index (κ1) is 23.7. The van der Waals surface area contributed by atoms with E-state index < -0.39 is 11.7 Å². The molecule has 182 valence electrons. The molecule has 4 aromatic rings. The number of nitrogens with one attached hydrogen (secondary N) is 2. The average molecular weight is 520 g/mol. The van der Waals surface area contributed by atoms with Crippen LogP contribution in [0.2, 0.25) is 5.02 Å². The Morgan fingerprint density at radius 2 is 2.09 bits per heavy atom. The van der Waals surface area contributed by atoms with Crippen LogP contribution in [0.3, 0.4) is 0 Å². The fraction of sp³-hybridized carbons (Fsp3) is 0.250. The molecule has 1 unspecified atom stereocenters. The highest BCUT2D eigenvalue weighted by Crippen LogP contribution is 2.42. The van der Waals surface area contributed by atoms with Gasteiger partial charge in [0.15, 0.2) is 5.13 Å². The summed E-state index contributed by atoms with van der Waals surface area (Å²) < 4.78 is 41.5. The van der Waals surface area contributed by atoms with E-state index >= 15 is 0 Å². The summed E-state index contributed by atoms with van der Waals surface area (Å²) in [6, 6.07) is 9.26. The third-order valence-electron chi connectivity index (χ3n) is 6.10. The quantitative estimate of drug-likeness (QED) is 0.291. The molecule has 35 heavy (non-hydrogen) atoms. The molecule has 0 amide bonds. The molecule has 0 radical (unpaired) electrons. The molecular formula is C24H21ClF3N5OS. The van der Waals surface area contributed by atoms with Gasteiger partial charge in [-0.3, -0.25) is 5.10 Å². The predicted octanol–water partition coefficient (Wildman–Crippen LogP) is 5.78. The van der Waals surface area contributed by atoms with Crippen LogP contribution >= 0.6 is 22.9 Å². The Labute approximate surface area is 208 Å². The normalized spacial score (nSPS) is 16.8. The Bertz CT molecular complexity index is 1410. The second-order valence-corrected chi connectivity index (χ2v) is 9.78. The molecule has 1 saturated heterocycles. The summed E-state index contributed by atoms with van der Waals surface area (Å²) in [5, 5.41) is 22.4. The van der Waals surface area contributed by atoms with Crippen molar-refractivity contribution < 1.29 is 18.3 Å². The van der Waals surface area contributed by atoms with Crippen LogP contribution in [0.5, 0.6) is 5.88 Å². The molecule has 1 aliphatic rings. The second kappa shape index (κ2) is 9.18. The lowest BCUT2D eigenvalue weighted by atomic mass is 9.98. The number of hydrogen-bond acceptors (Lipinski definition) is 6. The molecule has 3 heterocycles. The molecule has 1 fully saturated rings. The number of hydrogen-bond donors (Lipinski definition) is 3. The van der Waals surface area contributed by atoms with Crippen LogP contribution in [0.4, 0.5) is 18.3 Å². The first-order chi connectivity index (χ1) is 16.7. The number of likely N-dealkylation sites (N-methyl/N-ethyl adjacent to an activating group) is 1. The maximum absolute atomic E-state index is 13.8. The molecule has 11 heteroatoms. The molecular weight excluding hydrogens is 499 g/mol. The highest BCUT2D eigenvalue weighted by Gasteiger charge is 2.33. The summed E-state index contributed by atoms with van der Waals surface area (Å²) in [6.07, 6.45) is -0.605. The number of nitrogens with zero attached hydrogens (tertiary/aromatic N) is 3. The number of H-pyrrole nitrogens is 1. The summed E-state index contributed by atoms with van der Waals surface area (Å²) in [5.74, 6) is -0.233. The Kier molecular flexibility index (Phi) is 6.20. The first-order valence-electron chi connectivity index (χ1n) is 10.9. The number of rotatable bonds is 5. The Morgan fingerprint density at radius 3 is 2.83 bits per heavy atom.